The van der Waals surface area contributed by atoms with Crippen molar-refractivity contribution in [2.45, 2.75) is 12.0 Å². The second kappa shape index (κ2) is 7.89. The average Bonchev–Trinajstić information content (AvgIpc) is 3.26. The number of phenolic OH excluding ortho intramolecular Hbond substituents is 1. The van der Waals surface area contributed by atoms with Gasteiger partial charge in [0.05, 0.1) is 21.9 Å². The molecule has 0 aliphatic heterocycles. The molecule has 0 saturated heterocycles. The molecule has 0 bridgehead atoms. The molecule has 1 aliphatic carbocycles. The minimum absolute atomic E-state index is 0.0252. The van der Waals surface area contributed by atoms with E-state index in [0.717, 1.165) is 0 Å². The summed E-state index contributed by atoms with van der Waals surface area (Å²) in [7, 11) is 0. The number of ketones is 1. The summed E-state index contributed by atoms with van der Waals surface area (Å²) in [6, 6.07) is 18.8. The van der Waals surface area contributed by atoms with Gasteiger partial charge in [0.25, 0.3) is 11.6 Å². The van der Waals surface area contributed by atoms with Crippen LogP contribution < -0.4 is 11.5 Å². The van der Waals surface area contributed by atoms with Crippen LogP contribution in [0.3, 0.4) is 0 Å². The van der Waals surface area contributed by atoms with Gasteiger partial charge in [0.15, 0.2) is 11.5 Å². The van der Waals surface area contributed by atoms with Crippen LogP contribution in [0.1, 0.15) is 32.0 Å². The lowest BCUT2D eigenvalue weighted by Gasteiger charge is -2.34. The van der Waals surface area contributed by atoms with E-state index in [2.05, 4.69) is 5.10 Å². The fourth-order valence-corrected chi connectivity index (χ4v) is 4.60. The number of para-hydroxylation sites is 1. The van der Waals surface area contributed by atoms with E-state index in [1.807, 2.05) is 6.07 Å². The van der Waals surface area contributed by atoms with Gasteiger partial charge in [-0.25, -0.2) is 4.68 Å². The van der Waals surface area contributed by atoms with Crippen LogP contribution in [0.4, 0.5) is 5.69 Å². The van der Waals surface area contributed by atoms with Crippen molar-refractivity contribution in [3.8, 4) is 22.7 Å². The fourth-order valence-electron chi connectivity index (χ4n) is 4.60. The zero-order valence-electron chi connectivity index (χ0n) is 18.2. The van der Waals surface area contributed by atoms with E-state index in [0.29, 0.717) is 22.5 Å². The van der Waals surface area contributed by atoms with E-state index in [1.165, 1.54) is 41.1 Å². The SMILES string of the molecule is NC(=O)c1nn(-c2ccc(O)cc2)c2c1C(N)(C(=O)c1ccccc1[N+](=O)[O-])Cc1ccccc1-2. The number of hydrogen-bond acceptors (Lipinski definition) is 7. The van der Waals surface area contributed by atoms with Gasteiger partial charge in [0.1, 0.15) is 11.3 Å². The molecule has 4 aromatic rings. The molecule has 174 valence electrons. The molecule has 1 unspecified atom stereocenters. The van der Waals surface area contributed by atoms with Crippen molar-refractivity contribution in [2.24, 2.45) is 11.5 Å². The predicted octanol–water partition coefficient (Wildman–Crippen LogP) is 2.85. The fraction of sp³-hybridized carbons (Fsp3) is 0.0800. The number of carbonyl (C=O) groups excluding carboxylic acids is 2. The molecule has 1 amide bonds. The van der Waals surface area contributed by atoms with Crippen molar-refractivity contribution in [3.05, 3.63) is 105 Å². The molecule has 1 atom stereocenters. The van der Waals surface area contributed by atoms with Gasteiger partial charge in [-0.2, -0.15) is 5.10 Å². The lowest BCUT2D eigenvalue weighted by molar-refractivity contribution is -0.385. The van der Waals surface area contributed by atoms with Gasteiger partial charge in [-0.1, -0.05) is 36.4 Å². The Labute approximate surface area is 198 Å². The maximum Gasteiger partial charge on any atom is 0.280 e. The first-order chi connectivity index (χ1) is 16.7. The highest BCUT2D eigenvalue weighted by molar-refractivity contribution is 6.10. The number of rotatable bonds is 5. The minimum Gasteiger partial charge on any atom is -0.508 e. The third-order valence-corrected chi connectivity index (χ3v) is 6.15. The monoisotopic (exact) mass is 469 g/mol. The lowest BCUT2D eigenvalue weighted by atomic mass is 9.71. The van der Waals surface area contributed by atoms with Gasteiger partial charge in [-0.15, -0.1) is 0 Å². The molecule has 1 aromatic heterocycles. The molecule has 35 heavy (non-hydrogen) atoms. The maximum absolute atomic E-state index is 13.9. The number of Topliss-reactive ketones (excluding diaryl/α,β-unsaturated/α-hetero) is 1. The topological polar surface area (TPSA) is 167 Å². The van der Waals surface area contributed by atoms with E-state index in [-0.39, 0.29) is 29.0 Å². The van der Waals surface area contributed by atoms with Gasteiger partial charge in [0.2, 0.25) is 0 Å². The first-order valence-electron chi connectivity index (χ1n) is 10.6. The largest absolute Gasteiger partial charge is 0.508 e. The van der Waals surface area contributed by atoms with Crippen LogP contribution in [0.15, 0.2) is 72.8 Å². The third-order valence-electron chi connectivity index (χ3n) is 6.15. The average molecular weight is 469 g/mol. The van der Waals surface area contributed by atoms with Crippen molar-refractivity contribution in [3.63, 3.8) is 0 Å². The Morgan fingerprint density at radius 2 is 1.69 bits per heavy atom. The highest BCUT2D eigenvalue weighted by Crippen LogP contribution is 2.45. The van der Waals surface area contributed by atoms with Gasteiger partial charge >= 0.3 is 0 Å². The number of fused-ring (bicyclic) bond motifs is 3. The smallest absolute Gasteiger partial charge is 0.280 e. The van der Waals surface area contributed by atoms with E-state index in [4.69, 9.17) is 11.5 Å². The number of nitro groups is 1. The summed E-state index contributed by atoms with van der Waals surface area (Å²) in [4.78, 5) is 37.5. The minimum atomic E-state index is -1.87. The molecule has 5 rings (SSSR count). The molecule has 0 spiro atoms. The highest BCUT2D eigenvalue weighted by atomic mass is 16.6. The molecule has 1 aliphatic rings. The third kappa shape index (κ3) is 3.35. The summed E-state index contributed by atoms with van der Waals surface area (Å²) >= 11 is 0. The molecule has 0 saturated carbocycles. The Kier molecular flexibility index (Phi) is 4.96. The lowest BCUT2D eigenvalue weighted by Crippen LogP contribution is -2.50. The second-order valence-electron chi connectivity index (χ2n) is 8.27. The molecule has 0 fully saturated rings. The summed E-state index contributed by atoms with van der Waals surface area (Å²) < 4.78 is 1.45. The molecular formula is C25H19N5O5. The molecule has 5 N–H and O–H groups in total. The van der Waals surface area contributed by atoms with Gasteiger partial charge in [-0.3, -0.25) is 19.7 Å². The highest BCUT2D eigenvalue weighted by Gasteiger charge is 2.49. The van der Waals surface area contributed by atoms with E-state index < -0.39 is 27.8 Å². The number of nitrogens with two attached hydrogens (primary N) is 2. The Bertz CT molecular complexity index is 1530. The number of benzene rings is 3. The maximum atomic E-state index is 13.9. The standard InChI is InChI=1S/C25H19N5O5/c26-24(33)21-20-22(29(28-21)15-9-11-16(31)12-10-15)17-6-2-1-5-14(17)13-25(20,27)23(32)18-7-3-4-8-19(18)30(34)35/h1-12,31H,13,27H2,(H2,26,33). The zero-order chi connectivity index (χ0) is 24.9. The number of phenols is 1. The molecule has 10 heteroatoms. The summed E-state index contributed by atoms with van der Waals surface area (Å²) in [5.74, 6) is -1.60. The predicted molar refractivity (Wildman–Crippen MR) is 126 cm³/mol. The number of amides is 1. The summed E-state index contributed by atoms with van der Waals surface area (Å²) in [6.45, 7) is 0. The number of nitro benzene ring substituents is 1. The van der Waals surface area contributed by atoms with Crippen LogP contribution in [0.25, 0.3) is 16.9 Å². The van der Waals surface area contributed by atoms with Crippen LogP contribution in [0, 0.1) is 10.1 Å². The second-order valence-corrected chi connectivity index (χ2v) is 8.27. The van der Waals surface area contributed by atoms with Gasteiger partial charge < -0.3 is 16.6 Å². The Morgan fingerprint density at radius 1 is 1.03 bits per heavy atom. The summed E-state index contributed by atoms with van der Waals surface area (Å²) in [5, 5.41) is 25.8. The number of primary amides is 1. The first-order valence-corrected chi connectivity index (χ1v) is 10.6. The van der Waals surface area contributed by atoms with Crippen LogP contribution in [0.2, 0.25) is 0 Å². The Balaban J connectivity index is 1.84. The van der Waals surface area contributed by atoms with Crippen molar-refractivity contribution < 1.29 is 19.6 Å². The number of aromatic nitrogens is 2. The summed E-state index contributed by atoms with van der Waals surface area (Å²) in [5.41, 5.74) is 12.2. The Hall–Kier alpha value is -4.83. The number of hydrogen-bond donors (Lipinski definition) is 3. The van der Waals surface area contributed by atoms with E-state index >= 15 is 0 Å². The zero-order valence-corrected chi connectivity index (χ0v) is 18.2. The quantitative estimate of drug-likeness (QED) is 0.229. The molecule has 1 heterocycles. The molecule has 3 aromatic carbocycles. The van der Waals surface area contributed by atoms with Gasteiger partial charge in [0, 0.05) is 23.6 Å². The molecule has 0 radical (unpaired) electrons. The van der Waals surface area contributed by atoms with Crippen LogP contribution in [-0.2, 0) is 12.0 Å². The Morgan fingerprint density at radius 3 is 2.37 bits per heavy atom. The van der Waals surface area contributed by atoms with Crippen molar-refractivity contribution in [1.29, 1.82) is 0 Å². The summed E-state index contributed by atoms with van der Waals surface area (Å²) in [6.07, 6.45) is -0.0252. The van der Waals surface area contributed by atoms with E-state index in [1.54, 1.807) is 30.3 Å². The van der Waals surface area contributed by atoms with Crippen LogP contribution in [0.5, 0.6) is 5.75 Å². The van der Waals surface area contributed by atoms with E-state index in [9.17, 15) is 24.8 Å². The number of carbonyl (C=O) groups is 2. The van der Waals surface area contributed by atoms with Gasteiger partial charge in [-0.05, 0) is 35.9 Å². The van der Waals surface area contributed by atoms with Crippen molar-refractivity contribution in [1.82, 2.24) is 9.78 Å². The van der Waals surface area contributed by atoms with Crippen LogP contribution in [-0.4, -0.2) is 31.5 Å². The first kappa shape index (κ1) is 22.0. The number of aromatic hydroxyl groups is 1. The number of nitrogens with zero attached hydrogens (tertiary/aromatic N) is 3. The van der Waals surface area contributed by atoms with Crippen molar-refractivity contribution in [2.75, 3.05) is 0 Å². The van der Waals surface area contributed by atoms with Crippen LogP contribution >= 0.6 is 0 Å². The normalized spacial score (nSPS) is 16.3. The molecular weight excluding hydrogens is 450 g/mol. The van der Waals surface area contributed by atoms with Crippen molar-refractivity contribution >= 4 is 17.4 Å². The molecule has 10 nitrogen and oxygen atoms in total.